The van der Waals surface area contributed by atoms with Gasteiger partial charge in [-0.15, -0.1) is 11.3 Å². The molecule has 4 nitrogen and oxygen atoms in total. The monoisotopic (exact) mass is 283 g/mol. The maximum atomic E-state index is 5.38. The Morgan fingerprint density at radius 2 is 2.11 bits per heavy atom. The number of aromatic nitrogens is 1. The molecule has 0 atom stereocenters. The normalized spacial score (nSPS) is 16.7. The Kier molecular flexibility index (Phi) is 6.07. The van der Waals surface area contributed by atoms with Gasteiger partial charge in [0.2, 0.25) is 0 Å². The van der Waals surface area contributed by atoms with Crippen LogP contribution in [0.2, 0.25) is 0 Å². The summed E-state index contributed by atoms with van der Waals surface area (Å²) in [5, 5.41) is 4.70. The first kappa shape index (κ1) is 14.8. The molecule has 1 N–H and O–H groups in total. The van der Waals surface area contributed by atoms with Crippen molar-refractivity contribution in [1.29, 1.82) is 0 Å². The number of hydrogen-bond donors (Lipinski definition) is 1. The summed E-state index contributed by atoms with van der Waals surface area (Å²) < 4.78 is 5.38. The second kappa shape index (κ2) is 7.82. The van der Waals surface area contributed by atoms with Crippen LogP contribution < -0.4 is 10.2 Å². The Hall–Kier alpha value is -0.650. The first-order valence-corrected chi connectivity index (χ1v) is 8.13. The van der Waals surface area contributed by atoms with E-state index in [-0.39, 0.29) is 0 Å². The molecule has 0 amide bonds. The topological polar surface area (TPSA) is 37.4 Å². The van der Waals surface area contributed by atoms with Crippen molar-refractivity contribution >= 4 is 16.5 Å². The molecule has 0 bridgehead atoms. The molecular formula is C14H25N3OS. The second-order valence-electron chi connectivity index (χ2n) is 4.97. The van der Waals surface area contributed by atoms with Crippen LogP contribution in [0.5, 0.6) is 0 Å². The Balaban J connectivity index is 1.73. The van der Waals surface area contributed by atoms with Crippen LogP contribution in [0.3, 0.4) is 0 Å². The molecule has 1 saturated heterocycles. The fourth-order valence-electron chi connectivity index (χ4n) is 2.37. The van der Waals surface area contributed by atoms with Crippen LogP contribution in [0.4, 0.5) is 5.13 Å². The predicted molar refractivity (Wildman–Crippen MR) is 80.9 cm³/mol. The van der Waals surface area contributed by atoms with Crippen molar-refractivity contribution in [3.63, 3.8) is 0 Å². The van der Waals surface area contributed by atoms with Gasteiger partial charge in [0.1, 0.15) is 0 Å². The lowest BCUT2D eigenvalue weighted by atomic mass is 10.0. The predicted octanol–water partition coefficient (Wildman–Crippen LogP) is 2.51. The Bertz CT molecular complexity index is 359. The summed E-state index contributed by atoms with van der Waals surface area (Å²) in [7, 11) is 0. The van der Waals surface area contributed by atoms with E-state index >= 15 is 0 Å². The van der Waals surface area contributed by atoms with Crippen LogP contribution in [-0.4, -0.2) is 37.8 Å². The standard InChI is InChI=1S/C14H25N3OS/c1-3-17(4-2)14-16-11-13(19-14)10-15-9-12-5-7-18-8-6-12/h11-12,15H,3-10H2,1-2H3. The molecule has 108 valence electrons. The molecule has 19 heavy (non-hydrogen) atoms. The van der Waals surface area contributed by atoms with Gasteiger partial charge in [-0.3, -0.25) is 0 Å². The van der Waals surface area contributed by atoms with Crippen LogP contribution in [-0.2, 0) is 11.3 Å². The number of nitrogens with zero attached hydrogens (tertiary/aromatic N) is 2. The molecule has 1 aromatic rings. The van der Waals surface area contributed by atoms with E-state index < -0.39 is 0 Å². The smallest absolute Gasteiger partial charge is 0.185 e. The number of nitrogens with one attached hydrogen (secondary N) is 1. The number of anilines is 1. The largest absolute Gasteiger partial charge is 0.381 e. The van der Waals surface area contributed by atoms with Crippen LogP contribution in [0.25, 0.3) is 0 Å². The lowest BCUT2D eigenvalue weighted by molar-refractivity contribution is 0.0662. The zero-order chi connectivity index (χ0) is 13.5. The summed E-state index contributed by atoms with van der Waals surface area (Å²) in [6.45, 7) is 10.3. The maximum absolute atomic E-state index is 5.38. The van der Waals surface area contributed by atoms with Gasteiger partial charge in [-0.2, -0.15) is 0 Å². The van der Waals surface area contributed by atoms with E-state index in [1.54, 1.807) is 11.3 Å². The number of rotatable bonds is 7. The highest BCUT2D eigenvalue weighted by atomic mass is 32.1. The van der Waals surface area contributed by atoms with Crippen molar-refractivity contribution in [2.24, 2.45) is 5.92 Å². The molecule has 0 spiro atoms. The third kappa shape index (κ3) is 4.44. The third-order valence-electron chi connectivity index (χ3n) is 3.65. The van der Waals surface area contributed by atoms with Crippen molar-refractivity contribution in [3.8, 4) is 0 Å². The zero-order valence-electron chi connectivity index (χ0n) is 12.0. The van der Waals surface area contributed by atoms with Crippen LogP contribution in [0, 0.1) is 5.92 Å². The minimum Gasteiger partial charge on any atom is -0.381 e. The Morgan fingerprint density at radius 1 is 1.37 bits per heavy atom. The van der Waals surface area contributed by atoms with Crippen molar-refractivity contribution in [2.75, 3.05) is 37.7 Å². The summed E-state index contributed by atoms with van der Waals surface area (Å²) in [5.74, 6) is 0.781. The summed E-state index contributed by atoms with van der Waals surface area (Å²) >= 11 is 1.80. The molecule has 0 saturated carbocycles. The van der Waals surface area contributed by atoms with Crippen molar-refractivity contribution in [2.45, 2.75) is 33.2 Å². The Morgan fingerprint density at radius 3 is 2.79 bits per heavy atom. The molecule has 0 aliphatic carbocycles. The van der Waals surface area contributed by atoms with Crippen LogP contribution in [0.1, 0.15) is 31.6 Å². The van der Waals surface area contributed by atoms with Crippen LogP contribution in [0.15, 0.2) is 6.20 Å². The molecule has 5 heteroatoms. The van der Waals surface area contributed by atoms with Gasteiger partial charge in [-0.25, -0.2) is 4.98 Å². The third-order valence-corrected chi connectivity index (χ3v) is 4.71. The molecule has 0 unspecified atom stereocenters. The first-order valence-electron chi connectivity index (χ1n) is 7.31. The van der Waals surface area contributed by atoms with Gasteiger partial charge >= 0.3 is 0 Å². The number of thiazole rings is 1. The van der Waals surface area contributed by atoms with Crippen molar-refractivity contribution < 1.29 is 4.74 Å². The van der Waals surface area contributed by atoms with Gasteiger partial charge in [0, 0.05) is 43.9 Å². The fourth-order valence-corrected chi connectivity index (χ4v) is 3.38. The molecule has 1 aliphatic heterocycles. The quantitative estimate of drug-likeness (QED) is 0.834. The van der Waals surface area contributed by atoms with E-state index in [4.69, 9.17) is 4.74 Å². The SMILES string of the molecule is CCN(CC)c1ncc(CNCC2CCOCC2)s1. The second-order valence-corrected chi connectivity index (χ2v) is 6.06. The van der Waals surface area contributed by atoms with E-state index in [1.807, 2.05) is 6.20 Å². The van der Waals surface area contributed by atoms with Gasteiger partial charge in [-0.1, -0.05) is 0 Å². The zero-order valence-corrected chi connectivity index (χ0v) is 12.8. The fraction of sp³-hybridized carbons (Fsp3) is 0.786. The van der Waals surface area contributed by atoms with Crippen molar-refractivity contribution in [1.82, 2.24) is 10.3 Å². The van der Waals surface area contributed by atoms with E-state index in [0.29, 0.717) is 0 Å². The van der Waals surface area contributed by atoms with Gasteiger partial charge in [0.25, 0.3) is 0 Å². The minimum absolute atomic E-state index is 0.781. The molecule has 1 aliphatic rings. The average Bonchev–Trinajstić information content (AvgIpc) is 2.90. The lowest BCUT2D eigenvalue weighted by Crippen LogP contribution is -2.27. The number of hydrogen-bond acceptors (Lipinski definition) is 5. The summed E-state index contributed by atoms with van der Waals surface area (Å²) in [5.41, 5.74) is 0. The highest BCUT2D eigenvalue weighted by Gasteiger charge is 2.13. The molecule has 1 fully saturated rings. The lowest BCUT2D eigenvalue weighted by Gasteiger charge is -2.22. The Labute approximate surface area is 120 Å². The highest BCUT2D eigenvalue weighted by Crippen LogP contribution is 2.22. The molecule has 0 radical (unpaired) electrons. The van der Waals surface area contributed by atoms with Gasteiger partial charge < -0.3 is 15.0 Å². The van der Waals surface area contributed by atoms with Crippen LogP contribution >= 0.6 is 11.3 Å². The van der Waals surface area contributed by atoms with E-state index in [0.717, 1.165) is 50.4 Å². The van der Waals surface area contributed by atoms with E-state index in [2.05, 4.69) is 29.0 Å². The average molecular weight is 283 g/mol. The molecule has 1 aromatic heterocycles. The molecule has 0 aromatic carbocycles. The van der Waals surface area contributed by atoms with Gasteiger partial charge in [-0.05, 0) is 39.2 Å². The molecule has 2 rings (SSSR count). The van der Waals surface area contributed by atoms with Gasteiger partial charge in [0.05, 0.1) is 0 Å². The number of ether oxygens (including phenoxy) is 1. The van der Waals surface area contributed by atoms with Crippen molar-refractivity contribution in [3.05, 3.63) is 11.1 Å². The summed E-state index contributed by atoms with van der Waals surface area (Å²) in [6.07, 6.45) is 4.40. The minimum atomic E-state index is 0.781. The highest BCUT2D eigenvalue weighted by molar-refractivity contribution is 7.15. The van der Waals surface area contributed by atoms with E-state index in [1.165, 1.54) is 17.7 Å². The maximum Gasteiger partial charge on any atom is 0.185 e. The summed E-state index contributed by atoms with van der Waals surface area (Å²) in [4.78, 5) is 8.13. The molecular weight excluding hydrogens is 258 g/mol. The first-order chi connectivity index (χ1) is 9.33. The summed E-state index contributed by atoms with van der Waals surface area (Å²) in [6, 6.07) is 0. The van der Waals surface area contributed by atoms with Gasteiger partial charge in [0.15, 0.2) is 5.13 Å². The molecule has 2 heterocycles. The van der Waals surface area contributed by atoms with E-state index in [9.17, 15) is 0 Å².